The van der Waals surface area contributed by atoms with Crippen molar-refractivity contribution in [3.63, 3.8) is 0 Å². The maximum atomic E-state index is 12.9. The molecule has 1 aliphatic rings. The van der Waals surface area contributed by atoms with E-state index in [-0.39, 0.29) is 5.91 Å². The van der Waals surface area contributed by atoms with Crippen molar-refractivity contribution in [3.05, 3.63) is 65.7 Å². The van der Waals surface area contributed by atoms with Crippen molar-refractivity contribution in [1.82, 2.24) is 19.6 Å². The minimum Gasteiger partial charge on any atom is -0.481 e. The summed E-state index contributed by atoms with van der Waals surface area (Å²) in [6, 6.07) is 15.9. The SMILES string of the molecule is COc1c2ccc(C(=O)N3CCN(C/C=C/c4ccccc4)CC3)cc2nn1C. The third-order valence-electron chi connectivity index (χ3n) is 5.35. The van der Waals surface area contributed by atoms with Crippen molar-refractivity contribution in [2.45, 2.75) is 0 Å². The Labute approximate surface area is 171 Å². The molecule has 1 aliphatic heterocycles. The minimum atomic E-state index is 0.0657. The molecule has 1 fully saturated rings. The number of hydrogen-bond donors (Lipinski definition) is 0. The van der Waals surface area contributed by atoms with Crippen LogP contribution in [0.3, 0.4) is 0 Å². The van der Waals surface area contributed by atoms with E-state index in [9.17, 15) is 4.79 Å². The summed E-state index contributed by atoms with van der Waals surface area (Å²) in [6.07, 6.45) is 4.34. The number of aromatic nitrogens is 2. The molecule has 6 heteroatoms. The summed E-state index contributed by atoms with van der Waals surface area (Å²) in [4.78, 5) is 17.2. The van der Waals surface area contributed by atoms with Gasteiger partial charge in [0.25, 0.3) is 5.91 Å². The van der Waals surface area contributed by atoms with Crippen molar-refractivity contribution in [2.75, 3.05) is 39.8 Å². The molecule has 1 aromatic heterocycles. The van der Waals surface area contributed by atoms with Gasteiger partial charge in [0.15, 0.2) is 0 Å². The van der Waals surface area contributed by atoms with Crippen molar-refractivity contribution in [2.24, 2.45) is 7.05 Å². The van der Waals surface area contributed by atoms with E-state index in [4.69, 9.17) is 4.74 Å². The number of nitrogens with zero attached hydrogens (tertiary/aromatic N) is 4. The highest BCUT2D eigenvalue weighted by molar-refractivity contribution is 5.98. The van der Waals surface area contributed by atoms with E-state index in [1.807, 2.05) is 48.3 Å². The van der Waals surface area contributed by atoms with Gasteiger partial charge in [-0.15, -0.1) is 0 Å². The van der Waals surface area contributed by atoms with Gasteiger partial charge >= 0.3 is 0 Å². The van der Waals surface area contributed by atoms with Gasteiger partial charge in [-0.25, -0.2) is 4.68 Å². The van der Waals surface area contributed by atoms with Gasteiger partial charge in [-0.1, -0.05) is 42.5 Å². The quantitative estimate of drug-likeness (QED) is 0.672. The Morgan fingerprint density at radius 1 is 1.10 bits per heavy atom. The number of ether oxygens (including phenoxy) is 1. The van der Waals surface area contributed by atoms with Gasteiger partial charge in [0, 0.05) is 45.3 Å². The number of benzene rings is 2. The average Bonchev–Trinajstić information content (AvgIpc) is 3.08. The second-order valence-electron chi connectivity index (χ2n) is 7.27. The number of aryl methyl sites for hydroxylation is 1. The molecule has 0 bridgehead atoms. The predicted octanol–water partition coefficient (Wildman–Crippen LogP) is 3.05. The zero-order valence-electron chi connectivity index (χ0n) is 16.9. The lowest BCUT2D eigenvalue weighted by Crippen LogP contribution is -2.48. The van der Waals surface area contributed by atoms with Crippen LogP contribution in [0.2, 0.25) is 0 Å². The second-order valence-corrected chi connectivity index (χ2v) is 7.27. The lowest BCUT2D eigenvalue weighted by molar-refractivity contribution is 0.0650. The van der Waals surface area contributed by atoms with Crippen LogP contribution in [0.25, 0.3) is 17.0 Å². The van der Waals surface area contributed by atoms with Crippen LogP contribution in [0.15, 0.2) is 54.6 Å². The van der Waals surface area contributed by atoms with Gasteiger partial charge in [-0.05, 0) is 23.8 Å². The normalized spacial score (nSPS) is 15.3. The molecule has 1 saturated heterocycles. The van der Waals surface area contributed by atoms with Gasteiger partial charge in [0.2, 0.25) is 5.88 Å². The Bertz CT molecular complexity index is 1020. The highest BCUT2D eigenvalue weighted by Crippen LogP contribution is 2.25. The van der Waals surface area contributed by atoms with Crippen LogP contribution in [-0.2, 0) is 7.05 Å². The second kappa shape index (κ2) is 8.49. The van der Waals surface area contributed by atoms with Gasteiger partial charge in [-0.2, -0.15) is 5.10 Å². The zero-order chi connectivity index (χ0) is 20.2. The smallest absolute Gasteiger partial charge is 0.254 e. The summed E-state index contributed by atoms with van der Waals surface area (Å²) in [5, 5.41) is 5.37. The topological polar surface area (TPSA) is 50.6 Å². The summed E-state index contributed by atoms with van der Waals surface area (Å²) in [5.41, 5.74) is 2.67. The fourth-order valence-electron chi connectivity index (χ4n) is 3.77. The molecule has 0 aliphatic carbocycles. The fraction of sp³-hybridized carbons (Fsp3) is 0.304. The van der Waals surface area contributed by atoms with Crippen LogP contribution < -0.4 is 4.74 Å². The summed E-state index contributed by atoms with van der Waals surface area (Å²) in [5.74, 6) is 0.771. The van der Waals surface area contributed by atoms with E-state index in [1.54, 1.807) is 11.8 Å². The first-order valence-corrected chi connectivity index (χ1v) is 9.89. The van der Waals surface area contributed by atoms with Crippen molar-refractivity contribution in [1.29, 1.82) is 0 Å². The molecule has 0 saturated carbocycles. The van der Waals surface area contributed by atoms with E-state index in [0.717, 1.165) is 43.6 Å². The minimum absolute atomic E-state index is 0.0657. The fourth-order valence-corrected chi connectivity index (χ4v) is 3.77. The molecule has 2 heterocycles. The Morgan fingerprint density at radius 2 is 1.86 bits per heavy atom. The summed E-state index contributed by atoms with van der Waals surface area (Å²) < 4.78 is 7.08. The highest BCUT2D eigenvalue weighted by atomic mass is 16.5. The van der Waals surface area contributed by atoms with Gasteiger partial charge in [0.1, 0.15) is 0 Å². The summed E-state index contributed by atoms with van der Waals surface area (Å²) in [7, 11) is 3.47. The molecule has 0 radical (unpaired) electrons. The standard InChI is InChI=1S/C23H26N4O2/c1-25-23(29-2)20-11-10-19(17-21(20)24-25)22(28)27-15-13-26(14-16-27)12-6-9-18-7-4-3-5-8-18/h3-11,17H,12-16H2,1-2H3/b9-6+. The van der Waals surface area contributed by atoms with Gasteiger partial charge < -0.3 is 9.64 Å². The molecule has 0 spiro atoms. The van der Waals surface area contributed by atoms with E-state index >= 15 is 0 Å². The van der Waals surface area contributed by atoms with Gasteiger partial charge in [-0.3, -0.25) is 9.69 Å². The highest BCUT2D eigenvalue weighted by Gasteiger charge is 2.22. The van der Waals surface area contributed by atoms with Crippen molar-refractivity contribution >= 4 is 22.9 Å². The first kappa shape index (κ1) is 19.2. The molecular formula is C23H26N4O2. The number of amides is 1. The monoisotopic (exact) mass is 390 g/mol. The maximum absolute atomic E-state index is 12.9. The number of carbonyl (C=O) groups excluding carboxylic acids is 1. The molecule has 1 amide bonds. The van der Waals surface area contributed by atoms with Crippen molar-refractivity contribution < 1.29 is 9.53 Å². The van der Waals surface area contributed by atoms with Crippen LogP contribution in [0.1, 0.15) is 15.9 Å². The Morgan fingerprint density at radius 3 is 2.59 bits per heavy atom. The first-order valence-electron chi connectivity index (χ1n) is 9.89. The lowest BCUT2D eigenvalue weighted by Gasteiger charge is -2.34. The average molecular weight is 390 g/mol. The molecule has 4 rings (SSSR count). The Hall–Kier alpha value is -3.12. The number of carbonyl (C=O) groups is 1. The first-order chi connectivity index (χ1) is 14.2. The maximum Gasteiger partial charge on any atom is 0.254 e. The molecule has 2 aromatic carbocycles. The molecule has 0 atom stereocenters. The molecule has 0 N–H and O–H groups in total. The molecule has 3 aromatic rings. The molecule has 6 nitrogen and oxygen atoms in total. The van der Waals surface area contributed by atoms with Crippen LogP contribution in [-0.4, -0.2) is 65.3 Å². The molecule has 0 unspecified atom stereocenters. The van der Waals surface area contributed by atoms with E-state index < -0.39 is 0 Å². The number of hydrogen-bond acceptors (Lipinski definition) is 4. The third-order valence-corrected chi connectivity index (χ3v) is 5.35. The van der Waals surface area contributed by atoms with Crippen molar-refractivity contribution in [3.8, 4) is 5.88 Å². The lowest BCUT2D eigenvalue weighted by atomic mass is 10.1. The zero-order valence-corrected chi connectivity index (χ0v) is 16.9. The van der Waals surface area contributed by atoms with E-state index in [0.29, 0.717) is 11.4 Å². The number of rotatable bonds is 5. The van der Waals surface area contributed by atoms with Crippen LogP contribution in [0, 0.1) is 0 Å². The van der Waals surface area contributed by atoms with Crippen LogP contribution in [0.4, 0.5) is 0 Å². The Kier molecular flexibility index (Phi) is 5.62. The molecule has 29 heavy (non-hydrogen) atoms. The molecular weight excluding hydrogens is 364 g/mol. The number of fused-ring (bicyclic) bond motifs is 1. The summed E-state index contributed by atoms with van der Waals surface area (Å²) >= 11 is 0. The molecule has 150 valence electrons. The largest absolute Gasteiger partial charge is 0.481 e. The van der Waals surface area contributed by atoms with Gasteiger partial charge in [0.05, 0.1) is 18.0 Å². The van der Waals surface area contributed by atoms with Crippen LogP contribution >= 0.6 is 0 Å². The van der Waals surface area contributed by atoms with E-state index in [2.05, 4.69) is 34.3 Å². The number of piperazine rings is 1. The van der Waals surface area contributed by atoms with E-state index in [1.165, 1.54) is 5.56 Å². The van der Waals surface area contributed by atoms with Crippen LogP contribution in [0.5, 0.6) is 5.88 Å². The predicted molar refractivity (Wildman–Crippen MR) is 115 cm³/mol. The summed E-state index contributed by atoms with van der Waals surface area (Å²) in [6.45, 7) is 4.13. The number of methoxy groups -OCH3 is 1. The Balaban J connectivity index is 1.35. The third kappa shape index (κ3) is 4.17.